The molecule has 0 saturated carbocycles. The highest BCUT2D eigenvalue weighted by atomic mass is 32.1. The minimum absolute atomic E-state index is 0.114. The van der Waals surface area contributed by atoms with Crippen molar-refractivity contribution in [3.63, 3.8) is 0 Å². The van der Waals surface area contributed by atoms with E-state index in [-0.39, 0.29) is 25.2 Å². The molecule has 0 spiro atoms. The predicted octanol–water partition coefficient (Wildman–Crippen LogP) is 2.90. The number of anilines is 1. The van der Waals surface area contributed by atoms with Crippen molar-refractivity contribution >= 4 is 28.3 Å². The number of thiazole rings is 1. The number of carbonyl (C=O) groups excluding carboxylic acids is 2. The third-order valence-corrected chi connectivity index (χ3v) is 5.71. The smallest absolute Gasteiger partial charge is 0.251 e. The van der Waals surface area contributed by atoms with Crippen LogP contribution in [0.2, 0.25) is 0 Å². The number of aryl methyl sites for hydroxylation is 2. The summed E-state index contributed by atoms with van der Waals surface area (Å²) >= 11 is 1.54. The minimum atomic E-state index is -0.338. The standard InChI is InChI=1S/C19H21N3O4S/c23-17(22-19-21-13-5-3-1-2-4-6-16(13)27-19)10-20-18(24)12-7-8-14-15(9-12)26-11-25-14/h7-9H,1-6,10-11H2,(H,20,24)(H,21,22,23). The topological polar surface area (TPSA) is 89.6 Å². The predicted molar refractivity (Wildman–Crippen MR) is 102 cm³/mol. The molecule has 4 rings (SSSR count). The van der Waals surface area contributed by atoms with Crippen molar-refractivity contribution in [2.45, 2.75) is 38.5 Å². The first kappa shape index (κ1) is 17.8. The van der Waals surface area contributed by atoms with Crippen LogP contribution < -0.4 is 20.1 Å². The van der Waals surface area contributed by atoms with Gasteiger partial charge in [-0.05, 0) is 43.9 Å². The van der Waals surface area contributed by atoms with Crippen LogP contribution in [0.15, 0.2) is 18.2 Å². The van der Waals surface area contributed by atoms with Gasteiger partial charge in [-0.1, -0.05) is 12.8 Å². The zero-order valence-electron chi connectivity index (χ0n) is 14.9. The second kappa shape index (κ2) is 7.96. The minimum Gasteiger partial charge on any atom is -0.454 e. The number of rotatable bonds is 4. The van der Waals surface area contributed by atoms with Crippen LogP contribution in [0.5, 0.6) is 11.5 Å². The Balaban J connectivity index is 1.32. The van der Waals surface area contributed by atoms with Gasteiger partial charge in [0.2, 0.25) is 12.7 Å². The Morgan fingerprint density at radius 1 is 1.07 bits per heavy atom. The molecule has 8 heteroatoms. The summed E-state index contributed by atoms with van der Waals surface area (Å²) in [4.78, 5) is 30.2. The average Bonchev–Trinajstić information content (AvgIpc) is 3.26. The lowest BCUT2D eigenvalue weighted by molar-refractivity contribution is -0.115. The average molecular weight is 387 g/mol. The first-order chi connectivity index (χ1) is 13.2. The summed E-state index contributed by atoms with van der Waals surface area (Å²) in [6, 6.07) is 4.93. The van der Waals surface area contributed by atoms with Crippen molar-refractivity contribution < 1.29 is 19.1 Å². The van der Waals surface area contributed by atoms with Crippen molar-refractivity contribution in [2.75, 3.05) is 18.7 Å². The first-order valence-electron chi connectivity index (χ1n) is 9.15. The molecule has 1 aliphatic heterocycles. The second-order valence-corrected chi connectivity index (χ2v) is 7.69. The molecule has 1 aromatic carbocycles. The van der Waals surface area contributed by atoms with E-state index in [0.29, 0.717) is 22.2 Å². The summed E-state index contributed by atoms with van der Waals surface area (Å²) in [5, 5.41) is 6.03. The number of nitrogens with zero attached hydrogens (tertiary/aromatic N) is 1. The van der Waals surface area contributed by atoms with E-state index < -0.39 is 0 Å². The number of amides is 2. The molecule has 2 aromatic rings. The summed E-state index contributed by atoms with van der Waals surface area (Å²) in [5.74, 6) is 0.525. The quantitative estimate of drug-likeness (QED) is 0.842. The molecular formula is C19H21N3O4S. The number of aromatic nitrogens is 1. The van der Waals surface area contributed by atoms with Crippen LogP contribution in [-0.4, -0.2) is 30.1 Å². The van der Waals surface area contributed by atoms with E-state index in [2.05, 4.69) is 15.6 Å². The lowest BCUT2D eigenvalue weighted by atomic mass is 10.0. The number of fused-ring (bicyclic) bond motifs is 2. The van der Waals surface area contributed by atoms with Crippen molar-refractivity contribution in [1.29, 1.82) is 0 Å². The summed E-state index contributed by atoms with van der Waals surface area (Å²) in [6.07, 6.45) is 6.83. The summed E-state index contributed by atoms with van der Waals surface area (Å²) in [7, 11) is 0. The van der Waals surface area contributed by atoms with Crippen LogP contribution in [0, 0.1) is 0 Å². The maximum Gasteiger partial charge on any atom is 0.251 e. The van der Waals surface area contributed by atoms with Gasteiger partial charge in [-0.2, -0.15) is 0 Å². The van der Waals surface area contributed by atoms with Gasteiger partial charge >= 0.3 is 0 Å². The Kier molecular flexibility index (Phi) is 5.24. The maximum atomic E-state index is 12.2. The molecule has 0 radical (unpaired) electrons. The molecule has 7 nitrogen and oxygen atoms in total. The summed E-state index contributed by atoms with van der Waals surface area (Å²) < 4.78 is 10.5. The van der Waals surface area contributed by atoms with Gasteiger partial charge in [-0.25, -0.2) is 4.98 Å². The van der Waals surface area contributed by atoms with Gasteiger partial charge < -0.3 is 20.1 Å². The first-order valence-corrected chi connectivity index (χ1v) is 9.97. The molecule has 1 aliphatic carbocycles. The fourth-order valence-corrected chi connectivity index (χ4v) is 4.29. The Hall–Kier alpha value is -2.61. The van der Waals surface area contributed by atoms with Gasteiger partial charge in [0.15, 0.2) is 16.6 Å². The van der Waals surface area contributed by atoms with Crippen molar-refractivity contribution in [2.24, 2.45) is 0 Å². The van der Waals surface area contributed by atoms with E-state index in [9.17, 15) is 9.59 Å². The van der Waals surface area contributed by atoms with Gasteiger partial charge in [0.25, 0.3) is 5.91 Å². The molecule has 2 aliphatic rings. The lowest BCUT2D eigenvalue weighted by Gasteiger charge is -2.06. The Bertz CT molecular complexity index is 839. The molecule has 0 bridgehead atoms. The van der Waals surface area contributed by atoms with Crippen LogP contribution in [0.3, 0.4) is 0 Å². The largest absolute Gasteiger partial charge is 0.454 e. The zero-order valence-corrected chi connectivity index (χ0v) is 15.7. The SMILES string of the molecule is O=C(CNC(=O)c1ccc2c(c1)OCO2)Nc1nc2c(s1)CCCCCC2. The van der Waals surface area contributed by atoms with E-state index >= 15 is 0 Å². The molecule has 2 amide bonds. The van der Waals surface area contributed by atoms with Crippen LogP contribution in [0.25, 0.3) is 0 Å². The molecule has 1 aromatic heterocycles. The fourth-order valence-electron chi connectivity index (χ4n) is 3.22. The molecule has 0 saturated heterocycles. The third kappa shape index (κ3) is 4.21. The number of carbonyl (C=O) groups is 2. The van der Waals surface area contributed by atoms with Gasteiger partial charge in [0, 0.05) is 10.4 Å². The van der Waals surface area contributed by atoms with Crippen LogP contribution >= 0.6 is 11.3 Å². The number of ether oxygens (including phenoxy) is 2. The van der Waals surface area contributed by atoms with Crippen molar-refractivity contribution in [3.8, 4) is 11.5 Å². The molecule has 2 heterocycles. The van der Waals surface area contributed by atoms with E-state index in [4.69, 9.17) is 9.47 Å². The number of benzene rings is 1. The van der Waals surface area contributed by atoms with Crippen LogP contribution in [-0.2, 0) is 17.6 Å². The van der Waals surface area contributed by atoms with Crippen LogP contribution in [0.1, 0.15) is 46.6 Å². The van der Waals surface area contributed by atoms with Crippen molar-refractivity contribution in [3.05, 3.63) is 34.3 Å². The molecule has 2 N–H and O–H groups in total. The maximum absolute atomic E-state index is 12.2. The molecule has 0 fully saturated rings. The fraction of sp³-hybridized carbons (Fsp3) is 0.421. The van der Waals surface area contributed by atoms with Crippen molar-refractivity contribution in [1.82, 2.24) is 10.3 Å². The molecule has 0 unspecified atom stereocenters. The lowest BCUT2D eigenvalue weighted by Crippen LogP contribution is -2.32. The highest BCUT2D eigenvalue weighted by molar-refractivity contribution is 7.15. The highest BCUT2D eigenvalue weighted by Crippen LogP contribution is 2.32. The van der Waals surface area contributed by atoms with Gasteiger partial charge in [-0.3, -0.25) is 9.59 Å². The summed E-state index contributed by atoms with van der Waals surface area (Å²) in [5.41, 5.74) is 1.53. The van der Waals surface area contributed by atoms with Crippen LogP contribution in [0.4, 0.5) is 5.13 Å². The van der Waals surface area contributed by atoms with E-state index in [1.807, 2.05) is 0 Å². The van der Waals surface area contributed by atoms with E-state index in [0.717, 1.165) is 25.0 Å². The highest BCUT2D eigenvalue weighted by Gasteiger charge is 2.18. The normalized spacial score (nSPS) is 15.4. The van der Waals surface area contributed by atoms with Gasteiger partial charge in [0.05, 0.1) is 12.2 Å². The Morgan fingerprint density at radius 2 is 1.89 bits per heavy atom. The molecule has 142 valence electrons. The van der Waals surface area contributed by atoms with E-state index in [1.54, 1.807) is 29.5 Å². The number of hydrogen-bond donors (Lipinski definition) is 2. The summed E-state index contributed by atoms with van der Waals surface area (Å²) in [6.45, 7) is 0.0398. The zero-order chi connectivity index (χ0) is 18.6. The monoisotopic (exact) mass is 387 g/mol. The number of hydrogen-bond acceptors (Lipinski definition) is 6. The van der Waals surface area contributed by atoms with Gasteiger partial charge in [0.1, 0.15) is 0 Å². The second-order valence-electron chi connectivity index (χ2n) is 6.60. The number of nitrogens with one attached hydrogen (secondary N) is 2. The Morgan fingerprint density at radius 3 is 2.78 bits per heavy atom. The Labute approximate surface area is 161 Å². The third-order valence-electron chi connectivity index (χ3n) is 4.64. The van der Waals surface area contributed by atoms with Gasteiger partial charge in [-0.15, -0.1) is 11.3 Å². The molecule has 0 atom stereocenters. The molecule has 27 heavy (non-hydrogen) atoms. The van der Waals surface area contributed by atoms with E-state index in [1.165, 1.54) is 24.1 Å². The molecular weight excluding hydrogens is 366 g/mol.